The van der Waals surface area contributed by atoms with Gasteiger partial charge >= 0.3 is 0 Å². The van der Waals surface area contributed by atoms with Gasteiger partial charge in [0.1, 0.15) is 10.8 Å². The van der Waals surface area contributed by atoms with Crippen LogP contribution in [0.2, 0.25) is 0 Å². The second kappa shape index (κ2) is 7.19. The summed E-state index contributed by atoms with van der Waals surface area (Å²) in [6.45, 7) is 11.0. The van der Waals surface area contributed by atoms with Gasteiger partial charge < -0.3 is 10.2 Å². The summed E-state index contributed by atoms with van der Waals surface area (Å²) in [5.41, 5.74) is 1.32. The van der Waals surface area contributed by atoms with Crippen LogP contribution in [-0.2, 0) is 5.41 Å². The maximum atomic E-state index is 4.85. The second-order valence-electron chi connectivity index (χ2n) is 7.66. The Hall–Kier alpha value is -1.46. The molecule has 0 aromatic carbocycles. The van der Waals surface area contributed by atoms with Crippen molar-refractivity contribution in [3.63, 3.8) is 0 Å². The molecule has 3 heterocycles. The summed E-state index contributed by atoms with van der Waals surface area (Å²) >= 11 is 1.78. The molecule has 4 nitrogen and oxygen atoms in total. The minimum Gasteiger partial charge on any atom is -0.357 e. The average Bonchev–Trinajstić information content (AvgIpc) is 3.07. The molecule has 1 fully saturated rings. The molecule has 1 N–H and O–H groups in total. The van der Waals surface area contributed by atoms with E-state index in [1.54, 1.807) is 11.3 Å². The lowest BCUT2D eigenvalue weighted by Gasteiger charge is -2.34. The molecule has 0 radical (unpaired) electrons. The first kappa shape index (κ1) is 17.4. The number of nitrogens with one attached hydrogen (secondary N) is 1. The van der Waals surface area contributed by atoms with Crippen molar-refractivity contribution in [2.45, 2.75) is 58.0 Å². The highest BCUT2D eigenvalue weighted by Gasteiger charge is 2.24. The summed E-state index contributed by atoms with van der Waals surface area (Å²) < 4.78 is 0. The van der Waals surface area contributed by atoms with Crippen molar-refractivity contribution >= 4 is 17.2 Å². The van der Waals surface area contributed by atoms with Crippen molar-refractivity contribution in [2.24, 2.45) is 0 Å². The van der Waals surface area contributed by atoms with Crippen molar-refractivity contribution in [3.05, 3.63) is 40.5 Å². The van der Waals surface area contributed by atoms with Crippen LogP contribution >= 0.6 is 11.3 Å². The summed E-state index contributed by atoms with van der Waals surface area (Å²) in [5, 5.41) is 7.18. The van der Waals surface area contributed by atoms with E-state index in [0.29, 0.717) is 12.1 Å². The third-order valence-electron chi connectivity index (χ3n) is 4.61. The fourth-order valence-corrected chi connectivity index (χ4v) is 4.13. The molecule has 5 heteroatoms. The smallest absolute Gasteiger partial charge is 0.128 e. The highest BCUT2D eigenvalue weighted by Crippen LogP contribution is 2.27. The van der Waals surface area contributed by atoms with Crippen LogP contribution in [0.5, 0.6) is 0 Å². The number of anilines is 1. The second-order valence-corrected chi connectivity index (χ2v) is 8.55. The molecule has 24 heavy (non-hydrogen) atoms. The lowest BCUT2D eigenvalue weighted by atomic mass is 9.93. The van der Waals surface area contributed by atoms with E-state index in [2.05, 4.69) is 60.4 Å². The molecule has 2 aromatic rings. The summed E-state index contributed by atoms with van der Waals surface area (Å²) in [4.78, 5) is 11.7. The molecule has 0 aliphatic carbocycles. The van der Waals surface area contributed by atoms with Crippen molar-refractivity contribution < 1.29 is 0 Å². The van der Waals surface area contributed by atoms with Crippen LogP contribution in [0.3, 0.4) is 0 Å². The number of nitrogens with zero attached hydrogens (tertiary/aromatic N) is 3. The maximum absolute atomic E-state index is 4.85. The normalized spacial score (nSPS) is 17.9. The van der Waals surface area contributed by atoms with E-state index in [4.69, 9.17) is 4.98 Å². The van der Waals surface area contributed by atoms with Gasteiger partial charge in [-0.1, -0.05) is 26.8 Å². The maximum Gasteiger partial charge on any atom is 0.128 e. The minimum atomic E-state index is 0.127. The number of aromatic nitrogens is 2. The molecule has 1 aliphatic rings. The lowest BCUT2D eigenvalue weighted by molar-refractivity contribution is 0.379. The van der Waals surface area contributed by atoms with Gasteiger partial charge in [0.25, 0.3) is 0 Å². The molecule has 1 saturated heterocycles. The van der Waals surface area contributed by atoms with Crippen LogP contribution in [0, 0.1) is 0 Å². The lowest BCUT2D eigenvalue weighted by Crippen LogP contribution is -2.43. The number of piperidine rings is 1. The van der Waals surface area contributed by atoms with Crippen LogP contribution in [0.25, 0.3) is 0 Å². The first-order valence-electron chi connectivity index (χ1n) is 8.81. The number of thiazole rings is 1. The van der Waals surface area contributed by atoms with Crippen LogP contribution in [0.1, 0.15) is 57.3 Å². The quantitative estimate of drug-likeness (QED) is 0.904. The number of hydrogen-bond acceptors (Lipinski definition) is 5. The van der Waals surface area contributed by atoms with Crippen LogP contribution in [-0.4, -0.2) is 29.1 Å². The Morgan fingerprint density at radius 3 is 2.58 bits per heavy atom. The Bertz CT molecular complexity index is 639. The summed E-state index contributed by atoms with van der Waals surface area (Å²) in [6.07, 6.45) is 4.17. The van der Waals surface area contributed by atoms with Gasteiger partial charge in [-0.3, -0.25) is 0 Å². The Morgan fingerprint density at radius 1 is 1.25 bits per heavy atom. The van der Waals surface area contributed by atoms with Gasteiger partial charge in [0, 0.05) is 36.1 Å². The zero-order valence-corrected chi connectivity index (χ0v) is 15.9. The Kier molecular flexibility index (Phi) is 5.21. The monoisotopic (exact) mass is 344 g/mol. The van der Waals surface area contributed by atoms with Gasteiger partial charge in [0.2, 0.25) is 0 Å². The summed E-state index contributed by atoms with van der Waals surface area (Å²) in [6, 6.07) is 7.00. The first-order chi connectivity index (χ1) is 11.4. The van der Waals surface area contributed by atoms with Gasteiger partial charge in [-0.05, 0) is 31.9 Å². The standard InChI is InChI=1S/C19H28N4S/c1-14(18-22-16(13-24-18)19(2,3)4)21-15-8-11-23(12-9-15)17-7-5-6-10-20-17/h5-7,10,13-15,21H,8-9,11-12H2,1-4H3. The third kappa shape index (κ3) is 4.14. The number of rotatable bonds is 4. The first-order valence-corrected chi connectivity index (χ1v) is 9.69. The SMILES string of the molecule is CC(NC1CCN(c2ccccn2)CC1)c1nc(C(C)(C)C)cs1. The van der Waals surface area contributed by atoms with Crippen LogP contribution in [0.15, 0.2) is 29.8 Å². The van der Waals surface area contributed by atoms with Crippen LogP contribution in [0.4, 0.5) is 5.82 Å². The molecule has 2 aromatic heterocycles. The molecule has 3 rings (SSSR count). The highest BCUT2D eigenvalue weighted by atomic mass is 32.1. The fraction of sp³-hybridized carbons (Fsp3) is 0.579. The molecule has 130 valence electrons. The summed E-state index contributed by atoms with van der Waals surface area (Å²) in [5.74, 6) is 1.10. The molecule has 1 atom stereocenters. The fourth-order valence-electron chi connectivity index (χ4n) is 3.07. The summed E-state index contributed by atoms with van der Waals surface area (Å²) in [7, 11) is 0. The van der Waals surface area contributed by atoms with E-state index in [9.17, 15) is 0 Å². The van der Waals surface area contributed by atoms with Gasteiger partial charge in [-0.25, -0.2) is 9.97 Å². The predicted octanol–water partition coefficient (Wildman–Crippen LogP) is 4.16. The van der Waals surface area contributed by atoms with Crippen molar-refractivity contribution in [2.75, 3.05) is 18.0 Å². The van der Waals surface area contributed by atoms with Gasteiger partial charge in [-0.2, -0.15) is 0 Å². The largest absolute Gasteiger partial charge is 0.357 e. The van der Waals surface area contributed by atoms with E-state index in [0.717, 1.165) is 31.7 Å². The molecule has 1 unspecified atom stereocenters. The molecule has 1 aliphatic heterocycles. The molecule has 0 saturated carbocycles. The zero-order chi connectivity index (χ0) is 17.2. The predicted molar refractivity (Wildman–Crippen MR) is 102 cm³/mol. The van der Waals surface area contributed by atoms with E-state index in [-0.39, 0.29) is 5.41 Å². The number of pyridine rings is 1. The molecule has 0 spiro atoms. The third-order valence-corrected chi connectivity index (χ3v) is 5.64. The topological polar surface area (TPSA) is 41.0 Å². The zero-order valence-electron chi connectivity index (χ0n) is 15.1. The van der Waals surface area contributed by atoms with Gasteiger partial charge in [0.15, 0.2) is 0 Å². The van der Waals surface area contributed by atoms with E-state index < -0.39 is 0 Å². The van der Waals surface area contributed by atoms with Crippen LogP contribution < -0.4 is 10.2 Å². The van der Waals surface area contributed by atoms with Gasteiger partial charge in [0.05, 0.1) is 11.7 Å². The van der Waals surface area contributed by atoms with E-state index in [1.807, 2.05) is 12.3 Å². The molecule has 0 amide bonds. The Morgan fingerprint density at radius 2 is 2.00 bits per heavy atom. The number of hydrogen-bond donors (Lipinski definition) is 1. The van der Waals surface area contributed by atoms with Crippen molar-refractivity contribution in [1.82, 2.24) is 15.3 Å². The molecule has 0 bridgehead atoms. The highest BCUT2D eigenvalue weighted by molar-refractivity contribution is 7.09. The van der Waals surface area contributed by atoms with E-state index in [1.165, 1.54) is 10.7 Å². The van der Waals surface area contributed by atoms with E-state index >= 15 is 0 Å². The van der Waals surface area contributed by atoms with Crippen molar-refractivity contribution in [1.29, 1.82) is 0 Å². The molecular weight excluding hydrogens is 316 g/mol. The molecular formula is C19H28N4S. The Balaban J connectivity index is 1.53. The van der Waals surface area contributed by atoms with Crippen molar-refractivity contribution in [3.8, 4) is 0 Å². The van der Waals surface area contributed by atoms with Gasteiger partial charge in [-0.15, -0.1) is 11.3 Å². The average molecular weight is 345 g/mol. The Labute approximate surface area is 149 Å². The minimum absolute atomic E-state index is 0.127.